The quantitative estimate of drug-likeness (QED) is 0.677. The van der Waals surface area contributed by atoms with Gasteiger partial charge in [-0.1, -0.05) is 26.8 Å². The van der Waals surface area contributed by atoms with E-state index in [0.717, 1.165) is 31.4 Å². The van der Waals surface area contributed by atoms with E-state index in [4.69, 9.17) is 0 Å². The highest BCUT2D eigenvalue weighted by molar-refractivity contribution is 5.96. The van der Waals surface area contributed by atoms with Crippen molar-refractivity contribution >= 4 is 17.3 Å². The molecule has 6 heteroatoms. The van der Waals surface area contributed by atoms with Crippen LogP contribution in [0.4, 0.5) is 5.69 Å². The van der Waals surface area contributed by atoms with E-state index in [1.807, 2.05) is 0 Å². The number of benzene rings is 1. The molecule has 1 aliphatic carbocycles. The molecular weight excluding hydrogens is 294 g/mol. The van der Waals surface area contributed by atoms with Crippen molar-refractivity contribution in [3.8, 4) is 0 Å². The molecule has 0 unspecified atom stereocenters. The van der Waals surface area contributed by atoms with Gasteiger partial charge in [0.1, 0.15) is 0 Å². The Balaban J connectivity index is 1.94. The maximum atomic E-state index is 12.0. The van der Waals surface area contributed by atoms with Gasteiger partial charge in [-0.2, -0.15) is 5.10 Å². The number of hydrogen-bond acceptors (Lipinski definition) is 4. The molecule has 1 aromatic carbocycles. The maximum absolute atomic E-state index is 12.0. The summed E-state index contributed by atoms with van der Waals surface area (Å²) in [5.74, 6) is 0.257. The summed E-state index contributed by atoms with van der Waals surface area (Å²) >= 11 is 0. The summed E-state index contributed by atoms with van der Waals surface area (Å²) in [6.07, 6.45) is 3.93. The average Bonchev–Trinajstić information content (AvgIpc) is 2.52. The number of carbonyl (C=O) groups is 1. The third-order valence-corrected chi connectivity index (χ3v) is 4.42. The van der Waals surface area contributed by atoms with Crippen molar-refractivity contribution in [1.29, 1.82) is 0 Å². The molecule has 2 rings (SSSR count). The third kappa shape index (κ3) is 4.61. The van der Waals surface area contributed by atoms with Crippen LogP contribution in [-0.2, 0) is 0 Å². The molecule has 0 aromatic heterocycles. The fraction of sp³-hybridized carbons (Fsp3) is 0.529. The standard InChI is InChI=1S/C17H23N3O3/c1-17(2,3)13-7-9-14(10-8-13)18-19-16(21)12-5-4-6-15(11-12)20(22)23/h4-6,11,13H,7-10H2,1-3H3,(H,19,21). The van der Waals surface area contributed by atoms with Crippen molar-refractivity contribution in [3.63, 3.8) is 0 Å². The third-order valence-electron chi connectivity index (χ3n) is 4.42. The molecule has 0 saturated heterocycles. The van der Waals surface area contributed by atoms with Crippen LogP contribution in [0.5, 0.6) is 0 Å². The Labute approximate surface area is 136 Å². The van der Waals surface area contributed by atoms with Gasteiger partial charge in [0, 0.05) is 23.4 Å². The molecule has 1 fully saturated rings. The first-order chi connectivity index (χ1) is 10.8. The normalized spacial score (nSPS) is 18.4. The number of amides is 1. The van der Waals surface area contributed by atoms with Crippen molar-refractivity contribution < 1.29 is 9.72 Å². The lowest BCUT2D eigenvalue weighted by Crippen LogP contribution is -2.27. The molecule has 1 amide bonds. The first-order valence-electron chi connectivity index (χ1n) is 7.87. The SMILES string of the molecule is CC(C)(C)C1CCC(=NNC(=O)c2cccc([N+](=O)[O-])c2)CC1. The molecular formula is C17H23N3O3. The topological polar surface area (TPSA) is 84.6 Å². The van der Waals surface area contributed by atoms with E-state index in [1.165, 1.54) is 18.2 Å². The van der Waals surface area contributed by atoms with Crippen molar-refractivity contribution in [2.45, 2.75) is 46.5 Å². The van der Waals surface area contributed by atoms with Crippen LogP contribution in [0.2, 0.25) is 0 Å². The number of nitro benzene ring substituents is 1. The molecule has 0 spiro atoms. The number of hydrogen-bond donors (Lipinski definition) is 1. The second kappa shape index (κ2) is 6.89. The molecule has 23 heavy (non-hydrogen) atoms. The molecule has 1 N–H and O–H groups in total. The van der Waals surface area contributed by atoms with Gasteiger partial charge in [-0.25, -0.2) is 5.43 Å². The van der Waals surface area contributed by atoms with Crippen LogP contribution >= 0.6 is 0 Å². The second-order valence-corrected chi connectivity index (χ2v) is 7.07. The van der Waals surface area contributed by atoms with E-state index in [-0.39, 0.29) is 11.3 Å². The van der Waals surface area contributed by atoms with E-state index in [0.29, 0.717) is 11.3 Å². The molecule has 0 aliphatic heterocycles. The van der Waals surface area contributed by atoms with Crippen molar-refractivity contribution in [2.75, 3.05) is 0 Å². The van der Waals surface area contributed by atoms with Gasteiger partial charge >= 0.3 is 0 Å². The smallest absolute Gasteiger partial charge is 0.267 e. The first kappa shape index (κ1) is 17.1. The number of nitro groups is 1. The molecule has 1 saturated carbocycles. The lowest BCUT2D eigenvalue weighted by atomic mass is 9.72. The van der Waals surface area contributed by atoms with Crippen molar-refractivity contribution in [3.05, 3.63) is 39.9 Å². The number of nitrogens with zero attached hydrogens (tertiary/aromatic N) is 2. The highest BCUT2D eigenvalue weighted by Gasteiger charge is 2.28. The van der Waals surface area contributed by atoms with Crippen LogP contribution in [0.1, 0.15) is 56.8 Å². The predicted octanol–water partition coefficient (Wildman–Crippen LogP) is 3.92. The van der Waals surface area contributed by atoms with Gasteiger partial charge in [-0.3, -0.25) is 14.9 Å². The molecule has 0 heterocycles. The largest absolute Gasteiger partial charge is 0.271 e. The minimum atomic E-state index is -0.517. The van der Waals surface area contributed by atoms with Crippen LogP contribution in [0, 0.1) is 21.4 Å². The number of non-ortho nitro benzene ring substituents is 1. The fourth-order valence-electron chi connectivity index (χ4n) is 2.88. The Bertz CT molecular complexity index is 622. The molecule has 1 aromatic rings. The summed E-state index contributed by atoms with van der Waals surface area (Å²) in [6.45, 7) is 6.76. The van der Waals surface area contributed by atoms with Crippen molar-refractivity contribution in [2.24, 2.45) is 16.4 Å². The Morgan fingerprint density at radius 2 is 1.96 bits per heavy atom. The Kier molecular flexibility index (Phi) is 5.13. The van der Waals surface area contributed by atoms with Crippen LogP contribution < -0.4 is 5.43 Å². The Morgan fingerprint density at radius 3 is 2.52 bits per heavy atom. The molecule has 124 valence electrons. The Hall–Kier alpha value is -2.24. The highest BCUT2D eigenvalue weighted by Crippen LogP contribution is 2.36. The van der Waals surface area contributed by atoms with Gasteiger partial charge in [0.2, 0.25) is 0 Å². The van der Waals surface area contributed by atoms with E-state index in [1.54, 1.807) is 6.07 Å². The monoisotopic (exact) mass is 317 g/mol. The van der Waals surface area contributed by atoms with Gasteiger partial charge in [-0.15, -0.1) is 0 Å². The average molecular weight is 317 g/mol. The summed E-state index contributed by atoms with van der Waals surface area (Å²) in [7, 11) is 0. The summed E-state index contributed by atoms with van der Waals surface area (Å²) < 4.78 is 0. The number of nitrogens with one attached hydrogen (secondary N) is 1. The van der Waals surface area contributed by atoms with E-state index < -0.39 is 10.8 Å². The van der Waals surface area contributed by atoms with Crippen LogP contribution in [0.15, 0.2) is 29.4 Å². The van der Waals surface area contributed by atoms with Gasteiger partial charge in [0.15, 0.2) is 0 Å². The molecule has 0 atom stereocenters. The van der Waals surface area contributed by atoms with Crippen LogP contribution in [0.25, 0.3) is 0 Å². The van der Waals surface area contributed by atoms with E-state index >= 15 is 0 Å². The van der Waals surface area contributed by atoms with Crippen LogP contribution in [0.3, 0.4) is 0 Å². The summed E-state index contributed by atoms with van der Waals surface area (Å²) in [5, 5.41) is 14.9. The fourth-order valence-corrected chi connectivity index (χ4v) is 2.88. The molecule has 0 bridgehead atoms. The number of rotatable bonds is 3. The van der Waals surface area contributed by atoms with Gasteiger partial charge in [-0.05, 0) is 43.1 Å². The van der Waals surface area contributed by atoms with Crippen molar-refractivity contribution in [1.82, 2.24) is 5.43 Å². The second-order valence-electron chi connectivity index (χ2n) is 7.07. The van der Waals surface area contributed by atoms with Crippen LogP contribution in [-0.4, -0.2) is 16.5 Å². The summed E-state index contributed by atoms with van der Waals surface area (Å²) in [4.78, 5) is 22.3. The first-order valence-corrected chi connectivity index (χ1v) is 7.87. The van der Waals surface area contributed by atoms with Gasteiger partial charge < -0.3 is 0 Å². The van der Waals surface area contributed by atoms with Gasteiger partial charge in [0.05, 0.1) is 4.92 Å². The Morgan fingerprint density at radius 1 is 1.30 bits per heavy atom. The summed E-state index contributed by atoms with van der Waals surface area (Å²) in [6, 6.07) is 5.65. The lowest BCUT2D eigenvalue weighted by Gasteiger charge is -2.34. The maximum Gasteiger partial charge on any atom is 0.271 e. The molecule has 1 aliphatic rings. The molecule has 6 nitrogen and oxygen atoms in total. The zero-order valence-electron chi connectivity index (χ0n) is 13.8. The number of carbonyl (C=O) groups excluding carboxylic acids is 1. The van der Waals surface area contributed by atoms with Gasteiger partial charge in [0.25, 0.3) is 11.6 Å². The van der Waals surface area contributed by atoms with E-state index in [2.05, 4.69) is 31.3 Å². The highest BCUT2D eigenvalue weighted by atomic mass is 16.6. The minimum Gasteiger partial charge on any atom is -0.267 e. The summed E-state index contributed by atoms with van der Waals surface area (Å²) in [5.41, 5.74) is 3.95. The van der Waals surface area contributed by atoms with E-state index in [9.17, 15) is 14.9 Å². The zero-order chi connectivity index (χ0) is 17.0. The minimum absolute atomic E-state index is 0.101. The predicted molar refractivity (Wildman–Crippen MR) is 89.4 cm³/mol. The zero-order valence-corrected chi connectivity index (χ0v) is 13.8. The number of hydrazone groups is 1. The lowest BCUT2D eigenvalue weighted by molar-refractivity contribution is -0.384. The molecule has 0 radical (unpaired) electrons.